The van der Waals surface area contributed by atoms with Crippen molar-refractivity contribution in [3.63, 3.8) is 0 Å². The molecule has 0 atom stereocenters. The van der Waals surface area contributed by atoms with Gasteiger partial charge in [-0.3, -0.25) is 0 Å². The van der Waals surface area contributed by atoms with Crippen LogP contribution in [-0.4, -0.2) is 10.2 Å². The van der Waals surface area contributed by atoms with Gasteiger partial charge in [-0.1, -0.05) is 13.8 Å². The number of halogens is 1. The molecule has 1 aliphatic rings. The van der Waals surface area contributed by atoms with Crippen LogP contribution in [0, 0.1) is 0 Å². The normalized spacial score (nSPS) is 16.6. The van der Waals surface area contributed by atoms with Gasteiger partial charge in [0.15, 0.2) is 0 Å². The molecule has 1 fully saturated rings. The monoisotopic (exact) mass is 240 g/mol. The number of hydrogen-bond acceptors (Lipinski definition) is 2. The standard InChI is InChI=1S/C10H13BrN2/c1-6(2)10-9(7-3-4-7)8(11)5-12-13-10/h5-7H,3-4H2,1-2H3. The average Bonchev–Trinajstić information content (AvgIpc) is 2.86. The summed E-state index contributed by atoms with van der Waals surface area (Å²) >= 11 is 3.55. The van der Waals surface area contributed by atoms with Crippen molar-refractivity contribution in [3.05, 3.63) is 21.9 Å². The average molecular weight is 241 g/mol. The van der Waals surface area contributed by atoms with Crippen LogP contribution in [0.1, 0.15) is 49.8 Å². The van der Waals surface area contributed by atoms with Crippen molar-refractivity contribution in [2.24, 2.45) is 0 Å². The molecule has 3 heteroatoms. The highest BCUT2D eigenvalue weighted by atomic mass is 79.9. The first-order chi connectivity index (χ1) is 6.20. The topological polar surface area (TPSA) is 25.8 Å². The quantitative estimate of drug-likeness (QED) is 0.794. The minimum atomic E-state index is 0.473. The first-order valence-electron chi connectivity index (χ1n) is 4.71. The van der Waals surface area contributed by atoms with Crippen LogP contribution in [0.2, 0.25) is 0 Å². The molecule has 0 spiro atoms. The second-order valence-electron chi connectivity index (χ2n) is 3.92. The fourth-order valence-corrected chi connectivity index (χ4v) is 2.21. The predicted octanol–water partition coefficient (Wildman–Crippen LogP) is 3.24. The van der Waals surface area contributed by atoms with Crippen molar-refractivity contribution in [2.75, 3.05) is 0 Å². The van der Waals surface area contributed by atoms with E-state index in [1.165, 1.54) is 18.4 Å². The van der Waals surface area contributed by atoms with Crippen LogP contribution in [0.4, 0.5) is 0 Å². The minimum Gasteiger partial charge on any atom is -0.158 e. The van der Waals surface area contributed by atoms with E-state index in [1.807, 2.05) is 0 Å². The Bertz CT molecular complexity index is 319. The lowest BCUT2D eigenvalue weighted by Gasteiger charge is -2.10. The Balaban J connectivity index is 2.47. The maximum absolute atomic E-state index is 4.22. The Morgan fingerprint density at radius 2 is 2.15 bits per heavy atom. The molecule has 2 nitrogen and oxygen atoms in total. The Hall–Kier alpha value is -0.440. The van der Waals surface area contributed by atoms with Gasteiger partial charge in [-0.25, -0.2) is 0 Å². The van der Waals surface area contributed by atoms with Gasteiger partial charge in [0.2, 0.25) is 0 Å². The zero-order chi connectivity index (χ0) is 9.42. The van der Waals surface area contributed by atoms with E-state index in [0.717, 1.165) is 16.1 Å². The highest BCUT2D eigenvalue weighted by molar-refractivity contribution is 9.10. The van der Waals surface area contributed by atoms with E-state index in [1.54, 1.807) is 6.20 Å². The molecular weight excluding hydrogens is 228 g/mol. The molecule has 1 heterocycles. The van der Waals surface area contributed by atoms with Crippen molar-refractivity contribution in [1.29, 1.82) is 0 Å². The summed E-state index contributed by atoms with van der Waals surface area (Å²) in [6.45, 7) is 4.34. The highest BCUT2D eigenvalue weighted by Crippen LogP contribution is 2.45. The van der Waals surface area contributed by atoms with Gasteiger partial charge in [0.1, 0.15) is 0 Å². The van der Waals surface area contributed by atoms with Crippen LogP contribution in [0.15, 0.2) is 10.7 Å². The Morgan fingerprint density at radius 3 is 2.69 bits per heavy atom. The molecule has 1 aromatic heterocycles. The molecule has 0 bridgehead atoms. The summed E-state index contributed by atoms with van der Waals surface area (Å²) in [4.78, 5) is 0. The van der Waals surface area contributed by atoms with Crippen LogP contribution < -0.4 is 0 Å². The number of nitrogens with zero attached hydrogens (tertiary/aromatic N) is 2. The van der Waals surface area contributed by atoms with Crippen molar-refractivity contribution < 1.29 is 0 Å². The number of aromatic nitrogens is 2. The van der Waals surface area contributed by atoms with E-state index < -0.39 is 0 Å². The largest absolute Gasteiger partial charge is 0.158 e. The lowest BCUT2D eigenvalue weighted by molar-refractivity contribution is 0.757. The number of rotatable bonds is 2. The smallest absolute Gasteiger partial charge is 0.0702 e. The van der Waals surface area contributed by atoms with Crippen LogP contribution in [-0.2, 0) is 0 Å². The van der Waals surface area contributed by atoms with Crippen molar-refractivity contribution in [1.82, 2.24) is 10.2 Å². The summed E-state index contributed by atoms with van der Waals surface area (Å²) in [7, 11) is 0. The zero-order valence-electron chi connectivity index (χ0n) is 7.92. The van der Waals surface area contributed by atoms with E-state index in [-0.39, 0.29) is 0 Å². The third kappa shape index (κ3) is 1.75. The molecule has 13 heavy (non-hydrogen) atoms. The van der Waals surface area contributed by atoms with Gasteiger partial charge in [0.25, 0.3) is 0 Å². The Kier molecular flexibility index (Phi) is 2.37. The molecule has 0 aromatic carbocycles. The van der Waals surface area contributed by atoms with Gasteiger partial charge in [0.05, 0.1) is 11.9 Å². The first-order valence-corrected chi connectivity index (χ1v) is 5.50. The fraction of sp³-hybridized carbons (Fsp3) is 0.600. The number of hydrogen-bond donors (Lipinski definition) is 0. The second-order valence-corrected chi connectivity index (χ2v) is 4.77. The van der Waals surface area contributed by atoms with Crippen molar-refractivity contribution in [3.8, 4) is 0 Å². The maximum Gasteiger partial charge on any atom is 0.0702 e. The zero-order valence-corrected chi connectivity index (χ0v) is 9.50. The predicted molar refractivity (Wildman–Crippen MR) is 55.8 cm³/mol. The molecule has 0 amide bonds. The third-order valence-electron chi connectivity index (χ3n) is 2.40. The van der Waals surface area contributed by atoms with Crippen molar-refractivity contribution >= 4 is 15.9 Å². The summed E-state index contributed by atoms with van der Waals surface area (Å²) in [5, 5.41) is 8.20. The highest BCUT2D eigenvalue weighted by Gasteiger charge is 2.29. The molecular formula is C10H13BrN2. The minimum absolute atomic E-state index is 0.473. The van der Waals surface area contributed by atoms with E-state index >= 15 is 0 Å². The third-order valence-corrected chi connectivity index (χ3v) is 3.03. The maximum atomic E-state index is 4.22. The molecule has 1 aliphatic carbocycles. The first kappa shape index (κ1) is 9.13. The molecule has 0 radical (unpaired) electrons. The van der Waals surface area contributed by atoms with Gasteiger partial charge >= 0.3 is 0 Å². The van der Waals surface area contributed by atoms with E-state index in [0.29, 0.717) is 5.92 Å². The van der Waals surface area contributed by atoms with E-state index in [2.05, 4.69) is 40.0 Å². The van der Waals surface area contributed by atoms with Gasteiger partial charge in [0, 0.05) is 4.47 Å². The summed E-state index contributed by atoms with van der Waals surface area (Å²) in [6.07, 6.45) is 4.42. The molecule has 2 rings (SSSR count). The van der Waals surface area contributed by atoms with Gasteiger partial charge in [-0.05, 0) is 46.2 Å². The van der Waals surface area contributed by atoms with Crippen molar-refractivity contribution in [2.45, 2.75) is 38.5 Å². The summed E-state index contributed by atoms with van der Waals surface area (Å²) in [5.74, 6) is 1.21. The van der Waals surface area contributed by atoms with Gasteiger partial charge in [-0.2, -0.15) is 10.2 Å². The molecule has 0 aliphatic heterocycles. The Labute approximate surface area is 86.9 Å². The lowest BCUT2D eigenvalue weighted by Crippen LogP contribution is -2.01. The molecule has 0 unspecified atom stereocenters. The van der Waals surface area contributed by atoms with Crippen LogP contribution in [0.25, 0.3) is 0 Å². The summed E-state index contributed by atoms with van der Waals surface area (Å²) < 4.78 is 1.13. The van der Waals surface area contributed by atoms with Gasteiger partial charge in [-0.15, -0.1) is 0 Å². The van der Waals surface area contributed by atoms with E-state index in [9.17, 15) is 0 Å². The van der Waals surface area contributed by atoms with Crippen LogP contribution >= 0.6 is 15.9 Å². The molecule has 70 valence electrons. The lowest BCUT2D eigenvalue weighted by atomic mass is 10.0. The molecule has 0 saturated heterocycles. The SMILES string of the molecule is CC(C)c1nncc(Br)c1C1CC1. The van der Waals surface area contributed by atoms with E-state index in [4.69, 9.17) is 0 Å². The summed E-state index contributed by atoms with van der Waals surface area (Å²) in [5.41, 5.74) is 2.56. The second kappa shape index (κ2) is 3.37. The van der Waals surface area contributed by atoms with Crippen LogP contribution in [0.5, 0.6) is 0 Å². The van der Waals surface area contributed by atoms with Gasteiger partial charge < -0.3 is 0 Å². The molecule has 0 N–H and O–H groups in total. The van der Waals surface area contributed by atoms with Crippen LogP contribution in [0.3, 0.4) is 0 Å². The fourth-order valence-electron chi connectivity index (χ4n) is 1.59. The molecule has 1 saturated carbocycles. The summed E-state index contributed by atoms with van der Waals surface area (Å²) in [6, 6.07) is 0. The Morgan fingerprint density at radius 1 is 1.46 bits per heavy atom. The molecule has 1 aromatic rings.